The zero-order valence-electron chi connectivity index (χ0n) is 7.82. The molecule has 0 aliphatic carbocycles. The second-order valence-corrected chi connectivity index (χ2v) is 2.83. The van der Waals surface area contributed by atoms with Gasteiger partial charge in [-0.2, -0.15) is 5.26 Å². The van der Waals surface area contributed by atoms with E-state index in [1.165, 1.54) is 0 Å². The molecule has 0 spiro atoms. The number of hydrogen-bond acceptors (Lipinski definition) is 4. The molecule has 0 aliphatic rings. The van der Waals surface area contributed by atoms with Crippen LogP contribution in [0.15, 0.2) is 0 Å². The highest BCUT2D eigenvalue weighted by atomic mass is 16.2. The Hall–Kier alpha value is -1.61. The maximum atomic E-state index is 11.1. The Balaban J connectivity index is 3.63. The van der Waals surface area contributed by atoms with Crippen LogP contribution in [0.4, 0.5) is 0 Å². The number of nitriles is 1. The fourth-order valence-corrected chi connectivity index (χ4v) is 0.820. The predicted octanol–water partition coefficient (Wildman–Crippen LogP) is -1.39. The van der Waals surface area contributed by atoms with Crippen molar-refractivity contribution >= 4 is 11.8 Å². The molecule has 0 radical (unpaired) electrons. The monoisotopic (exact) mass is 198 g/mol. The summed E-state index contributed by atoms with van der Waals surface area (Å²) in [6.07, 6.45) is 0.793. The average molecular weight is 198 g/mol. The van der Waals surface area contributed by atoms with Crippen molar-refractivity contribution in [2.75, 3.05) is 6.54 Å². The third-order valence-corrected chi connectivity index (χ3v) is 1.52. The van der Waals surface area contributed by atoms with Gasteiger partial charge in [-0.3, -0.25) is 9.59 Å². The molecule has 0 heterocycles. The molecule has 0 saturated carbocycles. The fraction of sp³-hybridized carbons (Fsp3) is 0.625. The van der Waals surface area contributed by atoms with Gasteiger partial charge in [-0.25, -0.2) is 0 Å². The maximum absolute atomic E-state index is 11.1. The van der Waals surface area contributed by atoms with Crippen molar-refractivity contribution in [3.05, 3.63) is 0 Å². The molecular formula is C8H14N4O2. The number of unbranched alkanes of at least 4 members (excludes halogenated alkanes) is 1. The third kappa shape index (κ3) is 5.97. The van der Waals surface area contributed by atoms with Crippen LogP contribution in [-0.2, 0) is 9.59 Å². The summed E-state index contributed by atoms with van der Waals surface area (Å²) >= 11 is 0. The van der Waals surface area contributed by atoms with Crippen LogP contribution in [0.3, 0.4) is 0 Å². The van der Waals surface area contributed by atoms with E-state index in [-0.39, 0.29) is 6.42 Å². The Labute approximate surface area is 82.2 Å². The molecule has 0 aromatic carbocycles. The quantitative estimate of drug-likeness (QED) is 0.454. The smallest absolute Gasteiger partial charge is 0.237 e. The molecule has 0 aliphatic heterocycles. The first-order valence-corrected chi connectivity index (χ1v) is 4.26. The Morgan fingerprint density at radius 3 is 2.64 bits per heavy atom. The van der Waals surface area contributed by atoms with E-state index in [2.05, 4.69) is 5.32 Å². The number of rotatable bonds is 6. The van der Waals surface area contributed by atoms with Crippen LogP contribution in [-0.4, -0.2) is 24.4 Å². The standard InChI is InChI=1S/C8H14N4O2/c9-3-1-2-4-12-8(14)6(10)5-7(11)13/h6H,1-2,4-5,10H2,(H2,11,13)(H,12,14). The van der Waals surface area contributed by atoms with Gasteiger partial charge in [0, 0.05) is 13.0 Å². The van der Waals surface area contributed by atoms with Crippen molar-refractivity contribution in [3.8, 4) is 6.07 Å². The number of hydrogen-bond donors (Lipinski definition) is 3. The van der Waals surface area contributed by atoms with E-state index in [0.29, 0.717) is 19.4 Å². The minimum absolute atomic E-state index is 0.163. The lowest BCUT2D eigenvalue weighted by Crippen LogP contribution is -2.43. The minimum atomic E-state index is -0.894. The molecule has 1 atom stereocenters. The largest absolute Gasteiger partial charge is 0.370 e. The molecule has 0 aromatic rings. The molecule has 0 rings (SSSR count). The van der Waals surface area contributed by atoms with Gasteiger partial charge in [0.05, 0.1) is 18.5 Å². The summed E-state index contributed by atoms with van der Waals surface area (Å²) in [4.78, 5) is 21.5. The maximum Gasteiger partial charge on any atom is 0.237 e. The summed E-state index contributed by atoms with van der Waals surface area (Å²) in [5.74, 6) is -1.02. The molecule has 0 aromatic heterocycles. The van der Waals surface area contributed by atoms with Gasteiger partial charge in [0.2, 0.25) is 11.8 Å². The topological polar surface area (TPSA) is 122 Å². The molecule has 0 saturated heterocycles. The number of nitrogens with one attached hydrogen (secondary N) is 1. The van der Waals surface area contributed by atoms with E-state index in [4.69, 9.17) is 16.7 Å². The molecule has 0 fully saturated rings. The van der Waals surface area contributed by atoms with E-state index in [1.807, 2.05) is 6.07 Å². The highest BCUT2D eigenvalue weighted by molar-refractivity contribution is 5.87. The SMILES string of the molecule is N#CCCCNC(=O)C(N)CC(N)=O. The molecule has 6 nitrogen and oxygen atoms in total. The summed E-state index contributed by atoms with van der Waals surface area (Å²) in [6.45, 7) is 0.388. The molecule has 5 N–H and O–H groups in total. The van der Waals surface area contributed by atoms with Gasteiger partial charge in [-0.1, -0.05) is 0 Å². The van der Waals surface area contributed by atoms with Crippen LogP contribution in [0, 0.1) is 11.3 Å². The zero-order chi connectivity index (χ0) is 11.0. The molecule has 1 unspecified atom stereocenters. The summed E-state index contributed by atoms with van der Waals surface area (Å²) < 4.78 is 0. The third-order valence-electron chi connectivity index (χ3n) is 1.52. The van der Waals surface area contributed by atoms with Crippen molar-refractivity contribution in [3.63, 3.8) is 0 Å². The van der Waals surface area contributed by atoms with Gasteiger partial charge in [0.15, 0.2) is 0 Å². The number of nitrogens with two attached hydrogens (primary N) is 2. The first kappa shape index (κ1) is 12.4. The van der Waals surface area contributed by atoms with Gasteiger partial charge in [0.25, 0.3) is 0 Å². The van der Waals surface area contributed by atoms with E-state index < -0.39 is 17.9 Å². The van der Waals surface area contributed by atoms with E-state index in [0.717, 1.165) is 0 Å². The number of primary amides is 1. The lowest BCUT2D eigenvalue weighted by molar-refractivity contribution is -0.126. The highest BCUT2D eigenvalue weighted by Gasteiger charge is 2.14. The Morgan fingerprint density at radius 1 is 1.50 bits per heavy atom. The highest BCUT2D eigenvalue weighted by Crippen LogP contribution is 1.88. The first-order chi connectivity index (χ1) is 6.57. The average Bonchev–Trinajstić information content (AvgIpc) is 2.11. The van der Waals surface area contributed by atoms with Crippen LogP contribution in [0.2, 0.25) is 0 Å². The zero-order valence-corrected chi connectivity index (χ0v) is 7.82. The molecule has 0 bridgehead atoms. The second-order valence-electron chi connectivity index (χ2n) is 2.83. The van der Waals surface area contributed by atoms with Gasteiger partial charge >= 0.3 is 0 Å². The van der Waals surface area contributed by atoms with Crippen LogP contribution >= 0.6 is 0 Å². The van der Waals surface area contributed by atoms with Gasteiger partial charge in [-0.15, -0.1) is 0 Å². The summed E-state index contributed by atoms with van der Waals surface area (Å²) in [7, 11) is 0. The fourth-order valence-electron chi connectivity index (χ4n) is 0.820. The Bertz CT molecular complexity index is 246. The minimum Gasteiger partial charge on any atom is -0.370 e. The van der Waals surface area contributed by atoms with Crippen molar-refractivity contribution in [1.29, 1.82) is 5.26 Å². The van der Waals surface area contributed by atoms with Gasteiger partial charge in [0.1, 0.15) is 0 Å². The van der Waals surface area contributed by atoms with E-state index in [9.17, 15) is 9.59 Å². The predicted molar refractivity (Wildman–Crippen MR) is 49.6 cm³/mol. The van der Waals surface area contributed by atoms with Crippen LogP contribution in [0.25, 0.3) is 0 Å². The molecule has 6 heteroatoms. The van der Waals surface area contributed by atoms with Gasteiger partial charge < -0.3 is 16.8 Å². The number of carbonyl (C=O) groups excluding carboxylic acids is 2. The van der Waals surface area contributed by atoms with E-state index >= 15 is 0 Å². The normalized spacial score (nSPS) is 11.4. The molecule has 2 amide bonds. The number of carbonyl (C=O) groups is 2. The summed E-state index contributed by atoms with van der Waals surface area (Å²) in [5, 5.41) is 10.7. The lowest BCUT2D eigenvalue weighted by Gasteiger charge is -2.09. The van der Waals surface area contributed by atoms with E-state index in [1.54, 1.807) is 0 Å². The second kappa shape index (κ2) is 6.86. The molecular weight excluding hydrogens is 184 g/mol. The van der Waals surface area contributed by atoms with Crippen LogP contribution in [0.1, 0.15) is 19.3 Å². The number of nitrogens with zero attached hydrogens (tertiary/aromatic N) is 1. The molecule has 78 valence electrons. The van der Waals surface area contributed by atoms with Gasteiger partial charge in [-0.05, 0) is 6.42 Å². The van der Waals surface area contributed by atoms with Crippen molar-refractivity contribution < 1.29 is 9.59 Å². The first-order valence-electron chi connectivity index (χ1n) is 4.26. The molecule has 14 heavy (non-hydrogen) atoms. The Morgan fingerprint density at radius 2 is 2.14 bits per heavy atom. The number of amides is 2. The summed E-state index contributed by atoms with van der Waals surface area (Å²) in [5.41, 5.74) is 10.2. The van der Waals surface area contributed by atoms with Crippen molar-refractivity contribution in [1.82, 2.24) is 5.32 Å². The van der Waals surface area contributed by atoms with Crippen molar-refractivity contribution in [2.45, 2.75) is 25.3 Å². The summed E-state index contributed by atoms with van der Waals surface area (Å²) in [6, 6.07) is 1.05. The lowest BCUT2D eigenvalue weighted by atomic mass is 10.2. The van der Waals surface area contributed by atoms with Crippen LogP contribution in [0.5, 0.6) is 0 Å². The van der Waals surface area contributed by atoms with Crippen LogP contribution < -0.4 is 16.8 Å². The van der Waals surface area contributed by atoms with Crippen molar-refractivity contribution in [2.24, 2.45) is 11.5 Å². The Kier molecular flexibility index (Phi) is 6.07.